The molecule has 1 aromatic rings. The Morgan fingerprint density at radius 3 is 2.15 bits per heavy atom. The van der Waals surface area contributed by atoms with Gasteiger partial charge in [-0.1, -0.05) is 62.6 Å². The van der Waals surface area contributed by atoms with Crippen LogP contribution in [0.5, 0.6) is 0 Å². The minimum Gasteiger partial charge on any atom is -0.385 e. The van der Waals surface area contributed by atoms with Crippen molar-refractivity contribution in [3.63, 3.8) is 0 Å². The van der Waals surface area contributed by atoms with Crippen molar-refractivity contribution < 1.29 is 4.74 Å². The second-order valence-electron chi connectivity index (χ2n) is 7.82. The quantitative estimate of drug-likeness (QED) is 0.440. The van der Waals surface area contributed by atoms with Crippen molar-refractivity contribution >= 4 is 11.6 Å². The Balaban J connectivity index is 0.00000141. The van der Waals surface area contributed by atoms with E-state index < -0.39 is 0 Å². The molecule has 0 spiro atoms. The molecule has 0 radical (unpaired) electrons. The normalized spacial score (nSPS) is 12.4. The van der Waals surface area contributed by atoms with Gasteiger partial charge in [-0.2, -0.15) is 0 Å². The molecule has 0 heterocycles. The van der Waals surface area contributed by atoms with Crippen LogP contribution in [-0.2, 0) is 10.2 Å². The van der Waals surface area contributed by atoms with Crippen LogP contribution in [0.3, 0.4) is 0 Å². The average molecular weight is 382 g/mol. The lowest BCUT2D eigenvalue weighted by atomic mass is 9.78. The molecule has 0 aliphatic rings. The molecule has 0 amide bonds. The van der Waals surface area contributed by atoms with Crippen molar-refractivity contribution in [1.82, 2.24) is 4.90 Å². The predicted octanol–water partition coefficient (Wildman–Crippen LogP) is 6.73. The first-order chi connectivity index (χ1) is 12.2. The van der Waals surface area contributed by atoms with Crippen molar-refractivity contribution in [1.29, 1.82) is 0 Å². The third-order valence-electron chi connectivity index (χ3n) is 4.59. The molecule has 1 rings (SSSR count). The number of benzene rings is 1. The summed E-state index contributed by atoms with van der Waals surface area (Å²) in [4.78, 5) is 2.49. The summed E-state index contributed by atoms with van der Waals surface area (Å²) >= 11 is 6.03. The fourth-order valence-corrected chi connectivity index (χ4v) is 2.97. The molecular weight excluding hydrogens is 342 g/mol. The van der Waals surface area contributed by atoms with Gasteiger partial charge in [0.15, 0.2) is 0 Å². The van der Waals surface area contributed by atoms with Gasteiger partial charge in [0.25, 0.3) is 0 Å². The first kappa shape index (κ1) is 25.2. The molecule has 150 valence electrons. The first-order valence-electron chi connectivity index (χ1n) is 9.78. The van der Waals surface area contributed by atoms with Gasteiger partial charge in [-0.05, 0) is 70.3 Å². The molecule has 0 fully saturated rings. The fraction of sp³-hybridized carbons (Fsp3) is 0.652. The van der Waals surface area contributed by atoms with Gasteiger partial charge in [0.05, 0.1) is 0 Å². The van der Waals surface area contributed by atoms with Gasteiger partial charge in [-0.15, -0.1) is 0 Å². The topological polar surface area (TPSA) is 12.5 Å². The van der Waals surface area contributed by atoms with Crippen molar-refractivity contribution in [2.45, 2.75) is 72.3 Å². The van der Waals surface area contributed by atoms with E-state index in [1.54, 1.807) is 7.11 Å². The van der Waals surface area contributed by atoms with E-state index in [1.807, 2.05) is 19.1 Å². The minimum absolute atomic E-state index is 0.127. The first-order valence-corrected chi connectivity index (χ1v) is 10.2. The highest BCUT2D eigenvalue weighted by Gasteiger charge is 2.26. The molecule has 3 heteroatoms. The van der Waals surface area contributed by atoms with Crippen LogP contribution in [0.1, 0.15) is 66.4 Å². The van der Waals surface area contributed by atoms with Crippen LogP contribution < -0.4 is 0 Å². The monoisotopic (exact) mass is 381 g/mol. The summed E-state index contributed by atoms with van der Waals surface area (Å²) in [6.45, 7) is 15.2. The van der Waals surface area contributed by atoms with E-state index in [-0.39, 0.29) is 5.41 Å². The van der Waals surface area contributed by atoms with Gasteiger partial charge in [-0.25, -0.2) is 0 Å². The van der Waals surface area contributed by atoms with Crippen LogP contribution in [-0.4, -0.2) is 38.3 Å². The number of halogens is 1. The van der Waals surface area contributed by atoms with Gasteiger partial charge >= 0.3 is 0 Å². The van der Waals surface area contributed by atoms with E-state index in [4.69, 9.17) is 11.6 Å². The van der Waals surface area contributed by atoms with Crippen molar-refractivity contribution in [3.8, 4) is 0 Å². The number of likely N-dealkylation sites (N-methyl/N-ethyl adjacent to an activating group) is 1. The largest absolute Gasteiger partial charge is 0.385 e. The number of unbranched alkanes of at least 4 members (excludes halogenated alkanes) is 1. The van der Waals surface area contributed by atoms with Gasteiger partial charge in [0.1, 0.15) is 0 Å². The average Bonchev–Trinajstić information content (AvgIpc) is 2.59. The maximum absolute atomic E-state index is 6.03. The van der Waals surface area contributed by atoms with Gasteiger partial charge in [0, 0.05) is 24.8 Å². The summed E-state index contributed by atoms with van der Waals surface area (Å²) in [5, 5.41) is 0.806. The zero-order valence-electron chi connectivity index (χ0n) is 18.2. The standard InChI is InChI=1S/C20H32ClN.C3H8O/c1-7-8-13-22(6)19(14-16(2)3)15-20(4,5)17-9-11-18(21)12-10-17;1-3-4-2/h9-12,14,19H,7-8,13,15H2,1-6H3;3H2,1-2H3. The molecule has 0 bridgehead atoms. The van der Waals surface area contributed by atoms with Crippen molar-refractivity contribution in [2.75, 3.05) is 27.3 Å². The second kappa shape index (κ2) is 13.4. The van der Waals surface area contributed by atoms with Crippen LogP contribution >= 0.6 is 11.6 Å². The smallest absolute Gasteiger partial charge is 0.0433 e. The number of nitrogens with zero attached hydrogens (tertiary/aromatic N) is 1. The number of allylic oxidation sites excluding steroid dienone is 1. The third-order valence-corrected chi connectivity index (χ3v) is 4.84. The Kier molecular flexibility index (Phi) is 12.9. The summed E-state index contributed by atoms with van der Waals surface area (Å²) in [6, 6.07) is 8.79. The number of ether oxygens (including phenoxy) is 1. The van der Waals surface area contributed by atoms with E-state index in [1.165, 1.54) is 24.0 Å². The second-order valence-corrected chi connectivity index (χ2v) is 8.25. The van der Waals surface area contributed by atoms with Crippen molar-refractivity contribution in [3.05, 3.63) is 46.5 Å². The number of methoxy groups -OCH3 is 1. The zero-order chi connectivity index (χ0) is 20.2. The van der Waals surface area contributed by atoms with Crippen LogP contribution in [0.15, 0.2) is 35.9 Å². The van der Waals surface area contributed by atoms with E-state index in [9.17, 15) is 0 Å². The van der Waals surface area contributed by atoms with E-state index >= 15 is 0 Å². The van der Waals surface area contributed by atoms with Crippen LogP contribution in [0.2, 0.25) is 5.02 Å². The Hall–Kier alpha value is -0.830. The molecule has 0 saturated heterocycles. The Bertz CT molecular complexity index is 501. The highest BCUT2D eigenvalue weighted by Crippen LogP contribution is 2.31. The lowest BCUT2D eigenvalue weighted by Crippen LogP contribution is -2.36. The molecule has 26 heavy (non-hydrogen) atoms. The van der Waals surface area contributed by atoms with Crippen LogP contribution in [0.25, 0.3) is 0 Å². The Labute approximate surface area is 167 Å². The summed E-state index contributed by atoms with van der Waals surface area (Å²) in [6.07, 6.45) is 6.02. The third kappa shape index (κ3) is 10.4. The lowest BCUT2D eigenvalue weighted by Gasteiger charge is -2.34. The van der Waals surface area contributed by atoms with Gasteiger partial charge in [0.2, 0.25) is 0 Å². The van der Waals surface area contributed by atoms with Gasteiger partial charge < -0.3 is 4.74 Å². The Morgan fingerprint density at radius 1 is 1.19 bits per heavy atom. The fourth-order valence-electron chi connectivity index (χ4n) is 2.84. The van der Waals surface area contributed by atoms with Crippen LogP contribution in [0, 0.1) is 0 Å². The van der Waals surface area contributed by atoms with E-state index in [2.05, 4.69) is 69.5 Å². The highest BCUT2D eigenvalue weighted by atomic mass is 35.5. The summed E-state index contributed by atoms with van der Waals surface area (Å²) < 4.78 is 4.54. The summed E-state index contributed by atoms with van der Waals surface area (Å²) in [5.74, 6) is 0. The molecule has 0 aliphatic carbocycles. The molecule has 2 nitrogen and oxygen atoms in total. The maximum atomic E-state index is 6.03. The summed E-state index contributed by atoms with van der Waals surface area (Å²) in [7, 11) is 3.93. The molecule has 1 aromatic carbocycles. The molecule has 1 atom stereocenters. The molecule has 0 aliphatic heterocycles. The maximum Gasteiger partial charge on any atom is 0.0433 e. The minimum atomic E-state index is 0.127. The van der Waals surface area contributed by atoms with Crippen LogP contribution in [0.4, 0.5) is 0 Å². The number of hydrogen-bond donors (Lipinski definition) is 0. The molecule has 1 unspecified atom stereocenters. The van der Waals surface area contributed by atoms with E-state index in [0.29, 0.717) is 6.04 Å². The lowest BCUT2D eigenvalue weighted by molar-refractivity contribution is 0.215. The highest BCUT2D eigenvalue weighted by molar-refractivity contribution is 6.30. The number of rotatable bonds is 9. The summed E-state index contributed by atoms with van der Waals surface area (Å²) in [5.41, 5.74) is 2.87. The predicted molar refractivity (Wildman–Crippen MR) is 117 cm³/mol. The van der Waals surface area contributed by atoms with E-state index in [0.717, 1.165) is 24.6 Å². The van der Waals surface area contributed by atoms with Crippen molar-refractivity contribution in [2.24, 2.45) is 0 Å². The Morgan fingerprint density at radius 2 is 1.73 bits per heavy atom. The SMILES string of the molecule is CCCCN(C)C(C=C(C)C)CC(C)(C)c1ccc(Cl)cc1.CCOC. The number of hydrogen-bond acceptors (Lipinski definition) is 2. The molecule has 0 aromatic heterocycles. The molecular formula is C23H40ClNO. The van der Waals surface area contributed by atoms with Gasteiger partial charge in [-0.3, -0.25) is 4.90 Å². The zero-order valence-corrected chi connectivity index (χ0v) is 19.0. The molecule has 0 N–H and O–H groups in total. The molecule has 0 saturated carbocycles.